The predicted molar refractivity (Wildman–Crippen MR) is 184 cm³/mol. The summed E-state index contributed by atoms with van der Waals surface area (Å²) >= 11 is 19.0. The molecule has 2 N–H and O–H groups in total. The van der Waals surface area contributed by atoms with Gasteiger partial charge in [-0.05, 0) is 111 Å². The molecule has 1 saturated carbocycles. The number of aromatic nitrogens is 3. The molecule has 7 rings (SSSR count). The van der Waals surface area contributed by atoms with Crippen LogP contribution in [0.1, 0.15) is 60.5 Å². The summed E-state index contributed by atoms with van der Waals surface area (Å²) in [6, 6.07) is 23.3. The van der Waals surface area contributed by atoms with Crippen LogP contribution >= 0.6 is 34.8 Å². The number of carbonyl (C=O) groups excluding carboxylic acids is 1. The van der Waals surface area contributed by atoms with E-state index in [4.69, 9.17) is 39.9 Å². The molecule has 2 aliphatic rings. The van der Waals surface area contributed by atoms with E-state index >= 15 is 0 Å². The molecule has 1 saturated heterocycles. The Hall–Kier alpha value is -3.29. The molecule has 6 nitrogen and oxygen atoms in total. The highest BCUT2D eigenvalue weighted by atomic mass is 35.5. The Morgan fingerprint density at radius 1 is 0.867 bits per heavy atom. The Morgan fingerprint density at radius 3 is 2.42 bits per heavy atom. The number of nitrogens with zero attached hydrogens (tertiary/aromatic N) is 3. The molecule has 2 fully saturated rings. The zero-order valence-corrected chi connectivity index (χ0v) is 27.3. The second-order valence-corrected chi connectivity index (χ2v) is 13.8. The van der Waals surface area contributed by atoms with E-state index in [1.54, 1.807) is 28.9 Å². The summed E-state index contributed by atoms with van der Waals surface area (Å²) in [7, 11) is 0. The molecule has 1 aliphatic carbocycles. The van der Waals surface area contributed by atoms with E-state index in [1.165, 1.54) is 29.3 Å². The van der Waals surface area contributed by atoms with Gasteiger partial charge in [-0.1, -0.05) is 65.1 Å². The van der Waals surface area contributed by atoms with E-state index in [0.717, 1.165) is 56.6 Å². The lowest BCUT2D eigenvalue weighted by molar-refractivity contribution is 0.0908. The van der Waals surface area contributed by atoms with Crippen LogP contribution in [0.2, 0.25) is 15.1 Å². The van der Waals surface area contributed by atoms with Gasteiger partial charge in [-0.3, -0.25) is 4.79 Å². The van der Waals surface area contributed by atoms with Crippen LogP contribution in [0.5, 0.6) is 0 Å². The van der Waals surface area contributed by atoms with Crippen LogP contribution in [0.3, 0.4) is 0 Å². The van der Waals surface area contributed by atoms with E-state index in [-0.39, 0.29) is 11.9 Å². The molecule has 0 atom stereocenters. The van der Waals surface area contributed by atoms with Crippen LogP contribution in [-0.4, -0.2) is 51.2 Å². The van der Waals surface area contributed by atoms with Crippen molar-refractivity contribution in [3.05, 3.63) is 105 Å². The van der Waals surface area contributed by atoms with Crippen molar-refractivity contribution in [1.82, 2.24) is 25.0 Å². The van der Waals surface area contributed by atoms with Crippen molar-refractivity contribution >= 4 is 51.6 Å². The fourth-order valence-electron chi connectivity index (χ4n) is 7.15. The van der Waals surface area contributed by atoms with Gasteiger partial charge in [0.05, 0.1) is 16.4 Å². The van der Waals surface area contributed by atoms with E-state index in [0.29, 0.717) is 38.3 Å². The molecular formula is C36H36Cl3N5O. The van der Waals surface area contributed by atoms with Gasteiger partial charge >= 0.3 is 0 Å². The van der Waals surface area contributed by atoms with Gasteiger partial charge in [-0.15, -0.1) is 0 Å². The maximum atomic E-state index is 13.5. The Morgan fingerprint density at radius 2 is 1.64 bits per heavy atom. The zero-order valence-electron chi connectivity index (χ0n) is 25.0. The Kier molecular flexibility index (Phi) is 8.92. The topological polar surface area (TPSA) is 66.0 Å². The van der Waals surface area contributed by atoms with E-state index in [2.05, 4.69) is 45.7 Å². The van der Waals surface area contributed by atoms with Crippen LogP contribution in [0.4, 0.5) is 0 Å². The van der Waals surface area contributed by atoms with Crippen LogP contribution in [0.25, 0.3) is 27.8 Å². The number of nitrogens with one attached hydrogen (secondary N) is 2. The van der Waals surface area contributed by atoms with Crippen molar-refractivity contribution < 1.29 is 4.79 Å². The maximum Gasteiger partial charge on any atom is 0.272 e. The van der Waals surface area contributed by atoms with Gasteiger partial charge in [-0.2, -0.15) is 5.10 Å². The van der Waals surface area contributed by atoms with E-state index < -0.39 is 0 Å². The SMILES string of the molecule is O=C(NC1CCC(CN2CCC(c3c[nH]c4ccccc34)CC2)CC1)c1cc(-c2cccc(Cl)c2)n(-c2ccc(Cl)cc2Cl)n1. The zero-order chi connectivity index (χ0) is 30.9. The average molecular weight is 661 g/mol. The van der Waals surface area contributed by atoms with Gasteiger partial charge in [0.2, 0.25) is 0 Å². The number of aromatic amines is 1. The first kappa shape index (κ1) is 30.4. The minimum absolute atomic E-state index is 0.139. The Balaban J connectivity index is 0.957. The summed E-state index contributed by atoms with van der Waals surface area (Å²) in [4.78, 5) is 19.6. The summed E-state index contributed by atoms with van der Waals surface area (Å²) in [6.07, 6.45) is 8.83. The van der Waals surface area contributed by atoms with E-state index in [9.17, 15) is 4.79 Å². The Bertz CT molecular complexity index is 1810. The Labute approximate surface area is 278 Å². The average Bonchev–Trinajstić information content (AvgIpc) is 3.68. The number of fused-ring (bicyclic) bond motifs is 1. The van der Waals surface area contributed by atoms with Gasteiger partial charge in [0.15, 0.2) is 5.69 Å². The number of carbonyl (C=O) groups is 1. The molecule has 0 bridgehead atoms. The number of para-hydroxylation sites is 1. The third-order valence-corrected chi connectivity index (χ3v) is 10.3. The molecule has 232 valence electrons. The van der Waals surface area contributed by atoms with Crippen molar-refractivity contribution in [2.45, 2.75) is 50.5 Å². The number of halogens is 3. The molecule has 9 heteroatoms. The fraction of sp³-hybridized carbons (Fsp3) is 0.333. The van der Waals surface area contributed by atoms with Crippen molar-refractivity contribution in [3.63, 3.8) is 0 Å². The quantitative estimate of drug-likeness (QED) is 0.183. The number of H-pyrrole nitrogens is 1. The van der Waals surface area contributed by atoms with Gasteiger partial charge in [0.1, 0.15) is 0 Å². The van der Waals surface area contributed by atoms with Crippen LogP contribution in [0.15, 0.2) is 79.0 Å². The fourth-order valence-corrected chi connectivity index (χ4v) is 7.83. The first-order valence-electron chi connectivity index (χ1n) is 15.8. The highest BCUT2D eigenvalue weighted by Crippen LogP contribution is 2.35. The lowest BCUT2D eigenvalue weighted by Gasteiger charge is -2.36. The lowest BCUT2D eigenvalue weighted by Crippen LogP contribution is -2.41. The summed E-state index contributed by atoms with van der Waals surface area (Å²) < 4.78 is 1.69. The van der Waals surface area contributed by atoms with Gasteiger partial charge in [0.25, 0.3) is 5.91 Å². The van der Waals surface area contributed by atoms with Crippen molar-refractivity contribution in [1.29, 1.82) is 0 Å². The third-order valence-electron chi connectivity index (χ3n) is 9.55. The number of hydrogen-bond donors (Lipinski definition) is 2. The molecule has 45 heavy (non-hydrogen) atoms. The summed E-state index contributed by atoms with van der Waals surface area (Å²) in [5.74, 6) is 1.12. The second-order valence-electron chi connectivity index (χ2n) is 12.5. The first-order chi connectivity index (χ1) is 21.9. The maximum absolute atomic E-state index is 13.5. The van der Waals surface area contributed by atoms with Crippen molar-refractivity contribution in [2.75, 3.05) is 19.6 Å². The second kappa shape index (κ2) is 13.2. The highest BCUT2D eigenvalue weighted by molar-refractivity contribution is 6.35. The number of hydrogen-bond acceptors (Lipinski definition) is 3. The number of amides is 1. The number of rotatable bonds is 7. The minimum Gasteiger partial charge on any atom is -0.361 e. The molecule has 3 aromatic carbocycles. The van der Waals surface area contributed by atoms with Crippen LogP contribution < -0.4 is 5.32 Å². The number of piperidine rings is 1. The molecule has 2 aromatic heterocycles. The normalized spacial score (nSPS) is 19.6. The van der Waals surface area contributed by atoms with Gasteiger partial charge < -0.3 is 15.2 Å². The molecule has 0 unspecified atom stereocenters. The van der Waals surface area contributed by atoms with Gasteiger partial charge in [-0.25, -0.2) is 4.68 Å². The van der Waals surface area contributed by atoms with Crippen LogP contribution in [-0.2, 0) is 0 Å². The molecular weight excluding hydrogens is 625 g/mol. The van der Waals surface area contributed by atoms with Crippen molar-refractivity contribution in [2.24, 2.45) is 5.92 Å². The predicted octanol–water partition coefficient (Wildman–Crippen LogP) is 9.15. The molecule has 1 amide bonds. The number of benzene rings is 3. The molecule has 0 radical (unpaired) electrons. The summed E-state index contributed by atoms with van der Waals surface area (Å²) in [5.41, 5.74) is 5.26. The minimum atomic E-state index is -0.176. The smallest absolute Gasteiger partial charge is 0.272 e. The summed E-state index contributed by atoms with van der Waals surface area (Å²) in [5, 5.41) is 10.9. The van der Waals surface area contributed by atoms with Crippen molar-refractivity contribution in [3.8, 4) is 16.9 Å². The largest absolute Gasteiger partial charge is 0.361 e. The molecule has 5 aromatic rings. The van der Waals surface area contributed by atoms with Crippen LogP contribution in [0, 0.1) is 5.92 Å². The standard InChI is InChI=1S/C36H36Cl3N5O/c37-26-5-3-4-25(18-26)35-20-33(42-44(35)34-13-10-27(38)19-31(34)39)36(45)41-28-11-8-23(9-12-28)22-43-16-14-24(15-17-43)30-21-40-32-7-2-1-6-29(30)32/h1-7,10,13,18-21,23-24,28,40H,8-9,11-12,14-17,22H2,(H,41,45). The number of likely N-dealkylation sites (tertiary alicyclic amines) is 1. The van der Waals surface area contributed by atoms with Gasteiger partial charge in [0, 0.05) is 45.3 Å². The third kappa shape index (κ3) is 6.66. The molecule has 3 heterocycles. The molecule has 0 spiro atoms. The molecule has 1 aliphatic heterocycles. The lowest BCUT2D eigenvalue weighted by atomic mass is 9.84. The monoisotopic (exact) mass is 659 g/mol. The highest BCUT2D eigenvalue weighted by Gasteiger charge is 2.28. The van der Waals surface area contributed by atoms with E-state index in [1.807, 2.05) is 24.3 Å². The summed E-state index contributed by atoms with van der Waals surface area (Å²) in [6.45, 7) is 3.45. The first-order valence-corrected chi connectivity index (χ1v) is 17.0.